The Hall–Kier alpha value is -3.19. The molecule has 0 aliphatic heterocycles. The Labute approximate surface area is 164 Å². The van der Waals surface area contributed by atoms with Crippen molar-refractivity contribution in [2.75, 3.05) is 11.4 Å². The van der Waals surface area contributed by atoms with E-state index < -0.39 is 10.0 Å². The molecule has 0 saturated heterocycles. The van der Waals surface area contributed by atoms with Gasteiger partial charge in [-0.3, -0.25) is 14.1 Å². The lowest BCUT2D eigenvalue weighted by Crippen LogP contribution is -2.28. The highest BCUT2D eigenvalue weighted by molar-refractivity contribution is 7.92. The van der Waals surface area contributed by atoms with Crippen molar-refractivity contribution in [3.63, 3.8) is 0 Å². The summed E-state index contributed by atoms with van der Waals surface area (Å²) in [6, 6.07) is 17.6. The van der Waals surface area contributed by atoms with E-state index in [0.717, 1.165) is 15.4 Å². The second-order valence-electron chi connectivity index (χ2n) is 6.39. The van der Waals surface area contributed by atoms with Crippen LogP contribution in [0.15, 0.2) is 78.0 Å². The summed E-state index contributed by atoms with van der Waals surface area (Å²) in [6.45, 7) is 2.27. The molecule has 0 saturated carbocycles. The summed E-state index contributed by atoms with van der Waals surface area (Å²) in [7, 11) is -2.30. The molecule has 0 radical (unpaired) electrons. The van der Waals surface area contributed by atoms with Crippen LogP contribution in [-0.4, -0.2) is 26.4 Å². The molecule has 0 unspecified atom stereocenters. The summed E-state index contributed by atoms with van der Waals surface area (Å²) < 4.78 is 26.8. The Morgan fingerprint density at radius 3 is 2.39 bits per heavy atom. The molecule has 3 rings (SSSR count). The molecule has 0 aliphatic carbocycles. The van der Waals surface area contributed by atoms with Crippen molar-refractivity contribution in [1.29, 1.82) is 0 Å². The minimum Gasteiger partial charge on any atom is -0.348 e. The van der Waals surface area contributed by atoms with Crippen molar-refractivity contribution in [2.24, 2.45) is 0 Å². The highest BCUT2D eigenvalue weighted by atomic mass is 32.2. The van der Waals surface area contributed by atoms with Gasteiger partial charge in [0.05, 0.1) is 22.3 Å². The van der Waals surface area contributed by atoms with Crippen LogP contribution in [0.2, 0.25) is 0 Å². The van der Waals surface area contributed by atoms with Crippen LogP contribution in [0.4, 0.5) is 5.69 Å². The zero-order valence-corrected chi connectivity index (χ0v) is 16.5. The number of amides is 1. The van der Waals surface area contributed by atoms with E-state index in [2.05, 4.69) is 10.3 Å². The van der Waals surface area contributed by atoms with E-state index in [1.165, 1.54) is 25.5 Å². The van der Waals surface area contributed by atoms with E-state index in [4.69, 9.17) is 0 Å². The Kier molecular flexibility index (Phi) is 5.75. The molecule has 28 heavy (non-hydrogen) atoms. The third kappa shape index (κ3) is 4.37. The second kappa shape index (κ2) is 8.22. The van der Waals surface area contributed by atoms with E-state index in [0.29, 0.717) is 17.8 Å². The highest BCUT2D eigenvalue weighted by Crippen LogP contribution is 2.22. The first kappa shape index (κ1) is 19.6. The predicted molar refractivity (Wildman–Crippen MR) is 109 cm³/mol. The molecule has 7 heteroatoms. The van der Waals surface area contributed by atoms with E-state index in [1.807, 2.05) is 37.3 Å². The molecule has 144 valence electrons. The molecular weight excluding hydrogens is 374 g/mol. The molecule has 0 bridgehead atoms. The lowest BCUT2D eigenvalue weighted by atomic mass is 10.2. The number of hydrogen-bond donors (Lipinski definition) is 1. The van der Waals surface area contributed by atoms with Gasteiger partial charge in [0, 0.05) is 19.8 Å². The number of pyridine rings is 1. The van der Waals surface area contributed by atoms with Gasteiger partial charge in [-0.25, -0.2) is 8.42 Å². The Bertz CT molecular complexity index is 1070. The number of carbonyl (C=O) groups excluding carboxylic acids is 1. The average molecular weight is 395 g/mol. The summed E-state index contributed by atoms with van der Waals surface area (Å²) in [4.78, 5) is 16.6. The van der Waals surface area contributed by atoms with Crippen molar-refractivity contribution in [2.45, 2.75) is 18.4 Å². The number of nitrogens with zero attached hydrogens (tertiary/aromatic N) is 2. The van der Waals surface area contributed by atoms with Crippen molar-refractivity contribution < 1.29 is 13.2 Å². The fourth-order valence-corrected chi connectivity index (χ4v) is 3.79. The first-order valence-corrected chi connectivity index (χ1v) is 10.1. The molecule has 1 aromatic heterocycles. The van der Waals surface area contributed by atoms with Gasteiger partial charge in [-0.1, -0.05) is 48.0 Å². The smallest absolute Gasteiger partial charge is 0.264 e. The summed E-state index contributed by atoms with van der Waals surface area (Å²) in [5.74, 6) is -0.320. The molecular formula is C21H21N3O3S. The van der Waals surface area contributed by atoms with Gasteiger partial charge in [-0.05, 0) is 30.7 Å². The molecule has 2 aromatic carbocycles. The quantitative estimate of drug-likeness (QED) is 0.695. The Morgan fingerprint density at radius 1 is 1.04 bits per heavy atom. The molecule has 6 nitrogen and oxygen atoms in total. The monoisotopic (exact) mass is 395 g/mol. The molecule has 0 aliphatic rings. The zero-order chi connectivity index (χ0) is 20.1. The van der Waals surface area contributed by atoms with Crippen LogP contribution in [0.25, 0.3) is 0 Å². The van der Waals surface area contributed by atoms with Crippen LogP contribution in [0, 0.1) is 6.92 Å². The van der Waals surface area contributed by atoms with Gasteiger partial charge in [0.25, 0.3) is 15.9 Å². The van der Waals surface area contributed by atoms with Crippen LogP contribution >= 0.6 is 0 Å². The fourth-order valence-electron chi connectivity index (χ4n) is 2.61. The molecule has 1 heterocycles. The van der Waals surface area contributed by atoms with E-state index in [9.17, 15) is 13.2 Å². The van der Waals surface area contributed by atoms with Crippen LogP contribution in [0.5, 0.6) is 0 Å². The maximum Gasteiger partial charge on any atom is 0.264 e. The van der Waals surface area contributed by atoms with E-state index in [1.54, 1.807) is 24.3 Å². The average Bonchev–Trinajstić information content (AvgIpc) is 2.72. The van der Waals surface area contributed by atoms with Gasteiger partial charge in [0.15, 0.2) is 0 Å². The number of sulfonamides is 1. The maximum absolute atomic E-state index is 12.8. The fraction of sp³-hybridized carbons (Fsp3) is 0.143. The lowest BCUT2D eigenvalue weighted by molar-refractivity contribution is 0.0950. The van der Waals surface area contributed by atoms with Gasteiger partial charge in [0.2, 0.25) is 0 Å². The van der Waals surface area contributed by atoms with Crippen LogP contribution in [-0.2, 0) is 16.6 Å². The van der Waals surface area contributed by atoms with Gasteiger partial charge in [-0.2, -0.15) is 0 Å². The molecule has 1 amide bonds. The largest absolute Gasteiger partial charge is 0.348 e. The zero-order valence-electron chi connectivity index (χ0n) is 15.7. The van der Waals surface area contributed by atoms with Crippen molar-refractivity contribution in [3.05, 3.63) is 89.7 Å². The summed E-state index contributed by atoms with van der Waals surface area (Å²) in [6.07, 6.45) is 2.83. The number of nitrogens with one attached hydrogen (secondary N) is 1. The van der Waals surface area contributed by atoms with Gasteiger partial charge >= 0.3 is 0 Å². The lowest BCUT2D eigenvalue weighted by Gasteiger charge is -2.19. The Morgan fingerprint density at radius 2 is 1.71 bits per heavy atom. The number of carbonyl (C=O) groups is 1. The SMILES string of the molecule is Cc1ccc(S(=O)(=O)N(C)c2cncc(C(=O)NCc3ccccc3)c2)cc1. The van der Waals surface area contributed by atoms with Crippen molar-refractivity contribution >= 4 is 21.6 Å². The summed E-state index contributed by atoms with van der Waals surface area (Å²) in [5.41, 5.74) is 2.55. The number of hydrogen-bond acceptors (Lipinski definition) is 4. The second-order valence-corrected chi connectivity index (χ2v) is 8.35. The molecule has 0 spiro atoms. The molecule has 1 N–H and O–H groups in total. The summed E-state index contributed by atoms with van der Waals surface area (Å²) >= 11 is 0. The molecule has 0 fully saturated rings. The predicted octanol–water partition coefficient (Wildman–Crippen LogP) is 3.15. The van der Waals surface area contributed by atoms with Crippen LogP contribution in [0.1, 0.15) is 21.5 Å². The van der Waals surface area contributed by atoms with Crippen LogP contribution < -0.4 is 9.62 Å². The minimum absolute atomic E-state index is 0.180. The molecule has 0 atom stereocenters. The number of aromatic nitrogens is 1. The van der Waals surface area contributed by atoms with Crippen molar-refractivity contribution in [1.82, 2.24) is 10.3 Å². The molecule has 3 aromatic rings. The topological polar surface area (TPSA) is 79.4 Å². The van der Waals surface area contributed by atoms with Gasteiger partial charge in [0.1, 0.15) is 0 Å². The first-order chi connectivity index (χ1) is 13.4. The van der Waals surface area contributed by atoms with Gasteiger partial charge < -0.3 is 5.32 Å². The summed E-state index contributed by atoms with van der Waals surface area (Å²) in [5, 5.41) is 2.81. The number of aryl methyl sites for hydroxylation is 1. The van der Waals surface area contributed by atoms with E-state index >= 15 is 0 Å². The first-order valence-electron chi connectivity index (χ1n) is 8.71. The Balaban J connectivity index is 1.78. The van der Waals surface area contributed by atoms with Crippen molar-refractivity contribution in [3.8, 4) is 0 Å². The van der Waals surface area contributed by atoms with Gasteiger partial charge in [-0.15, -0.1) is 0 Å². The van der Waals surface area contributed by atoms with E-state index in [-0.39, 0.29) is 10.8 Å². The number of anilines is 1. The number of rotatable bonds is 6. The third-order valence-electron chi connectivity index (χ3n) is 4.32. The highest BCUT2D eigenvalue weighted by Gasteiger charge is 2.22. The normalized spacial score (nSPS) is 11.1. The van der Waals surface area contributed by atoms with Crippen LogP contribution in [0.3, 0.4) is 0 Å². The third-order valence-corrected chi connectivity index (χ3v) is 6.12. The number of benzene rings is 2. The standard InChI is InChI=1S/C21H21N3O3S/c1-16-8-10-20(11-9-16)28(26,27)24(2)19-12-18(14-22-15-19)21(25)23-13-17-6-4-3-5-7-17/h3-12,14-15H,13H2,1-2H3,(H,23,25). The minimum atomic E-state index is -3.74. The maximum atomic E-state index is 12.8.